The Bertz CT molecular complexity index is 539. The maximum atomic E-state index is 13.8. The standard InChI is InChI=1S/C18H29BrFN3O.HI/c1-4-18(5-2,9-10-24)13-23-17(21-6-3)22-12-14-11-15(19)7-8-16(14)20;/h7-8,11,24H,4-6,9-10,12-13H2,1-3H3,(H2,21,22,23);1H. The highest BCUT2D eigenvalue weighted by Crippen LogP contribution is 2.29. The molecule has 0 saturated heterocycles. The summed E-state index contributed by atoms with van der Waals surface area (Å²) in [4.78, 5) is 4.49. The van der Waals surface area contributed by atoms with Gasteiger partial charge >= 0.3 is 0 Å². The van der Waals surface area contributed by atoms with Gasteiger partial charge in [0, 0.05) is 29.7 Å². The van der Waals surface area contributed by atoms with Gasteiger partial charge in [0.05, 0.1) is 6.54 Å². The quantitative estimate of drug-likeness (QED) is 0.251. The molecule has 0 heterocycles. The molecule has 1 rings (SSSR count). The van der Waals surface area contributed by atoms with Crippen LogP contribution in [0.15, 0.2) is 27.7 Å². The minimum absolute atomic E-state index is 0. The third-order valence-corrected chi connectivity index (χ3v) is 5.03. The number of hydrogen-bond acceptors (Lipinski definition) is 2. The van der Waals surface area contributed by atoms with Gasteiger partial charge in [0.15, 0.2) is 5.96 Å². The second-order valence-corrected chi connectivity index (χ2v) is 6.88. The summed E-state index contributed by atoms with van der Waals surface area (Å²) in [5.41, 5.74) is 0.598. The number of hydrogen-bond donors (Lipinski definition) is 3. The molecule has 7 heteroatoms. The monoisotopic (exact) mass is 529 g/mol. The van der Waals surface area contributed by atoms with E-state index in [0.717, 1.165) is 36.8 Å². The van der Waals surface area contributed by atoms with Crippen LogP contribution >= 0.6 is 39.9 Å². The van der Waals surface area contributed by atoms with E-state index in [0.29, 0.717) is 11.5 Å². The average molecular weight is 530 g/mol. The summed E-state index contributed by atoms with van der Waals surface area (Å²) in [6.45, 7) is 8.19. The molecule has 0 aromatic heterocycles. The molecule has 0 unspecified atom stereocenters. The summed E-state index contributed by atoms with van der Waals surface area (Å²) >= 11 is 3.36. The van der Waals surface area contributed by atoms with Gasteiger partial charge in [0.25, 0.3) is 0 Å². The topological polar surface area (TPSA) is 56.7 Å². The Morgan fingerprint density at radius 3 is 2.48 bits per heavy atom. The summed E-state index contributed by atoms with van der Waals surface area (Å²) in [6.07, 6.45) is 2.72. The van der Waals surface area contributed by atoms with Crippen LogP contribution in [0, 0.1) is 11.2 Å². The van der Waals surface area contributed by atoms with E-state index in [-0.39, 0.29) is 48.4 Å². The Balaban J connectivity index is 0.00000576. The second-order valence-electron chi connectivity index (χ2n) is 5.97. The van der Waals surface area contributed by atoms with Crippen molar-refractivity contribution in [3.8, 4) is 0 Å². The fourth-order valence-electron chi connectivity index (χ4n) is 2.62. The maximum absolute atomic E-state index is 13.8. The Kier molecular flexibility index (Phi) is 12.7. The Morgan fingerprint density at radius 1 is 1.24 bits per heavy atom. The minimum Gasteiger partial charge on any atom is -0.396 e. The summed E-state index contributed by atoms with van der Waals surface area (Å²) in [5, 5.41) is 15.9. The molecule has 0 atom stereocenters. The van der Waals surface area contributed by atoms with Gasteiger partial charge in [-0.15, -0.1) is 24.0 Å². The molecule has 1 aromatic carbocycles. The Labute approximate surface area is 176 Å². The van der Waals surface area contributed by atoms with E-state index >= 15 is 0 Å². The summed E-state index contributed by atoms with van der Waals surface area (Å²) < 4.78 is 14.7. The molecule has 144 valence electrons. The third kappa shape index (κ3) is 8.21. The fraction of sp³-hybridized carbons (Fsp3) is 0.611. The molecule has 1 aromatic rings. The van der Waals surface area contributed by atoms with Crippen molar-refractivity contribution in [2.75, 3.05) is 19.7 Å². The van der Waals surface area contributed by atoms with Crippen molar-refractivity contribution in [2.24, 2.45) is 10.4 Å². The lowest BCUT2D eigenvalue weighted by atomic mass is 9.79. The molecule has 0 amide bonds. The van der Waals surface area contributed by atoms with Gasteiger partial charge in [-0.3, -0.25) is 0 Å². The van der Waals surface area contributed by atoms with Gasteiger partial charge in [-0.1, -0.05) is 29.8 Å². The molecule has 4 nitrogen and oxygen atoms in total. The van der Waals surface area contributed by atoms with Crippen molar-refractivity contribution in [3.63, 3.8) is 0 Å². The first-order chi connectivity index (χ1) is 11.5. The van der Waals surface area contributed by atoms with Crippen molar-refractivity contribution in [1.82, 2.24) is 10.6 Å². The molecule has 3 N–H and O–H groups in total. The molecule has 0 aliphatic carbocycles. The molecule has 25 heavy (non-hydrogen) atoms. The first kappa shape index (κ1) is 24.6. The van der Waals surface area contributed by atoms with E-state index in [9.17, 15) is 9.50 Å². The molecule has 0 fully saturated rings. The first-order valence-corrected chi connectivity index (χ1v) is 9.36. The molecule has 0 aliphatic heterocycles. The van der Waals surface area contributed by atoms with Crippen molar-refractivity contribution in [3.05, 3.63) is 34.1 Å². The van der Waals surface area contributed by atoms with Crippen LogP contribution in [0.5, 0.6) is 0 Å². The van der Waals surface area contributed by atoms with Crippen LogP contribution in [0.4, 0.5) is 4.39 Å². The predicted octanol–water partition coefficient (Wildman–Crippen LogP) is 4.45. The molecular formula is C18H30BrFIN3O. The van der Waals surface area contributed by atoms with Crippen LogP contribution in [0.3, 0.4) is 0 Å². The maximum Gasteiger partial charge on any atom is 0.191 e. The zero-order valence-corrected chi connectivity index (χ0v) is 19.2. The normalized spacial score (nSPS) is 11.8. The smallest absolute Gasteiger partial charge is 0.191 e. The van der Waals surface area contributed by atoms with E-state index in [1.807, 2.05) is 6.92 Å². The molecule has 0 radical (unpaired) electrons. The number of halogens is 3. The molecule has 0 spiro atoms. The van der Waals surface area contributed by atoms with Gasteiger partial charge in [-0.25, -0.2) is 9.38 Å². The number of guanidine groups is 1. The van der Waals surface area contributed by atoms with E-state index in [1.54, 1.807) is 12.1 Å². The second kappa shape index (κ2) is 12.9. The van der Waals surface area contributed by atoms with Crippen molar-refractivity contribution in [1.29, 1.82) is 0 Å². The van der Waals surface area contributed by atoms with E-state index in [4.69, 9.17) is 0 Å². The van der Waals surface area contributed by atoms with E-state index in [1.165, 1.54) is 6.07 Å². The summed E-state index contributed by atoms with van der Waals surface area (Å²) in [7, 11) is 0. The lowest BCUT2D eigenvalue weighted by Crippen LogP contribution is -2.43. The highest BCUT2D eigenvalue weighted by atomic mass is 127. The lowest BCUT2D eigenvalue weighted by Gasteiger charge is -2.32. The number of aliphatic hydroxyl groups excluding tert-OH is 1. The van der Waals surface area contributed by atoms with Gasteiger partial charge in [0.2, 0.25) is 0 Å². The van der Waals surface area contributed by atoms with E-state index in [2.05, 4.69) is 45.4 Å². The number of aliphatic hydroxyl groups is 1. The van der Waals surface area contributed by atoms with Gasteiger partial charge in [0.1, 0.15) is 5.82 Å². The van der Waals surface area contributed by atoms with Crippen LogP contribution in [0.25, 0.3) is 0 Å². The number of nitrogens with zero attached hydrogens (tertiary/aromatic N) is 1. The van der Waals surface area contributed by atoms with Crippen LogP contribution in [0.2, 0.25) is 0 Å². The van der Waals surface area contributed by atoms with Crippen molar-refractivity contribution < 1.29 is 9.50 Å². The van der Waals surface area contributed by atoms with E-state index < -0.39 is 0 Å². The molecular weight excluding hydrogens is 500 g/mol. The number of rotatable bonds is 9. The zero-order chi connectivity index (χ0) is 18.0. The first-order valence-electron chi connectivity index (χ1n) is 8.57. The highest BCUT2D eigenvalue weighted by Gasteiger charge is 2.25. The predicted molar refractivity (Wildman–Crippen MR) is 117 cm³/mol. The third-order valence-electron chi connectivity index (χ3n) is 4.53. The van der Waals surface area contributed by atoms with Gasteiger partial charge < -0.3 is 15.7 Å². The molecule has 0 aliphatic rings. The number of aliphatic imine (C=N–C) groups is 1. The largest absolute Gasteiger partial charge is 0.396 e. The summed E-state index contributed by atoms with van der Waals surface area (Å²) in [5.74, 6) is 0.413. The lowest BCUT2D eigenvalue weighted by molar-refractivity contribution is 0.169. The molecule has 0 saturated carbocycles. The van der Waals surface area contributed by atoms with Crippen molar-refractivity contribution in [2.45, 2.75) is 46.6 Å². The Morgan fingerprint density at radius 2 is 1.92 bits per heavy atom. The van der Waals surface area contributed by atoms with Crippen LogP contribution in [-0.4, -0.2) is 30.8 Å². The fourth-order valence-corrected chi connectivity index (χ4v) is 3.03. The van der Waals surface area contributed by atoms with Crippen LogP contribution in [-0.2, 0) is 6.54 Å². The number of nitrogens with one attached hydrogen (secondary N) is 2. The average Bonchev–Trinajstić information content (AvgIpc) is 2.59. The molecule has 0 bridgehead atoms. The zero-order valence-electron chi connectivity index (χ0n) is 15.2. The Hall–Kier alpha value is -0.410. The highest BCUT2D eigenvalue weighted by molar-refractivity contribution is 14.0. The van der Waals surface area contributed by atoms with Gasteiger partial charge in [-0.2, -0.15) is 0 Å². The van der Waals surface area contributed by atoms with Crippen LogP contribution in [0.1, 0.15) is 45.6 Å². The number of benzene rings is 1. The minimum atomic E-state index is -0.255. The SMILES string of the molecule is CCNC(=NCc1cc(Br)ccc1F)NCC(CC)(CC)CCO.I. The summed E-state index contributed by atoms with van der Waals surface area (Å²) in [6, 6.07) is 4.87. The van der Waals surface area contributed by atoms with Crippen molar-refractivity contribution >= 4 is 45.9 Å². The van der Waals surface area contributed by atoms with Crippen LogP contribution < -0.4 is 10.6 Å². The van der Waals surface area contributed by atoms with Gasteiger partial charge in [-0.05, 0) is 49.8 Å².